The lowest BCUT2D eigenvalue weighted by atomic mass is 9.95. The summed E-state index contributed by atoms with van der Waals surface area (Å²) >= 11 is 0. The predicted octanol–water partition coefficient (Wildman–Crippen LogP) is 2.01. The number of carbonyl (C=O) groups is 1. The number of hydrogen-bond acceptors (Lipinski definition) is 5. The van der Waals surface area contributed by atoms with E-state index in [0.717, 1.165) is 35.3 Å². The summed E-state index contributed by atoms with van der Waals surface area (Å²) in [5.41, 5.74) is 2.57. The molecule has 5 rings (SSSR count). The minimum absolute atomic E-state index is 0.0666. The van der Waals surface area contributed by atoms with E-state index in [0.29, 0.717) is 30.5 Å². The Morgan fingerprint density at radius 2 is 1.97 bits per heavy atom. The van der Waals surface area contributed by atoms with Crippen molar-refractivity contribution in [2.45, 2.75) is 45.6 Å². The van der Waals surface area contributed by atoms with Gasteiger partial charge in [0.15, 0.2) is 5.65 Å². The highest BCUT2D eigenvalue weighted by molar-refractivity contribution is 5.83. The number of aromatic nitrogens is 5. The van der Waals surface area contributed by atoms with Gasteiger partial charge in [0.05, 0.1) is 11.1 Å². The first-order valence-electron chi connectivity index (χ1n) is 11.3. The van der Waals surface area contributed by atoms with Gasteiger partial charge in [-0.15, -0.1) is 0 Å². The largest absolute Gasteiger partial charge is 0.340 e. The molecule has 1 unspecified atom stereocenters. The molecule has 0 saturated carbocycles. The van der Waals surface area contributed by atoms with E-state index in [1.165, 1.54) is 9.20 Å². The maximum absolute atomic E-state index is 13.1. The minimum Gasteiger partial charge on any atom is -0.340 e. The molecule has 4 heterocycles. The summed E-state index contributed by atoms with van der Waals surface area (Å²) in [4.78, 5) is 44.6. The highest BCUT2D eigenvalue weighted by Gasteiger charge is 2.27. The van der Waals surface area contributed by atoms with Gasteiger partial charge in [0, 0.05) is 47.9 Å². The zero-order valence-corrected chi connectivity index (χ0v) is 18.7. The standard InChI is InChI=1S/C24H26N6O3/c1-3-17-11-22(31)30-21(25-17)12-20(27-30)16-7-6-10-28(13-16)23(32)14-29-24(33)19-9-5-4-8-18(19)15(2)26-29/h4-5,8-9,11-12,16,27H,3,6-7,10,13-14H2,1-2H3. The molecule has 3 aromatic heterocycles. The SMILES string of the molecule is CCc1cc(=O)n2[nH]c(C3CCCN(C(=O)Cn4nc(C)c5ccccc5c4=O)C3)cc2n1. The van der Waals surface area contributed by atoms with Crippen molar-refractivity contribution in [2.75, 3.05) is 13.1 Å². The number of nitrogens with zero attached hydrogens (tertiary/aromatic N) is 5. The van der Waals surface area contributed by atoms with Crippen molar-refractivity contribution in [3.05, 3.63) is 74.2 Å². The molecular formula is C24H26N6O3. The molecule has 1 N–H and O–H groups in total. The van der Waals surface area contributed by atoms with E-state index < -0.39 is 0 Å². The number of likely N-dealkylation sites (tertiary alicyclic amines) is 1. The Morgan fingerprint density at radius 3 is 2.76 bits per heavy atom. The van der Waals surface area contributed by atoms with Crippen LogP contribution in [-0.2, 0) is 17.8 Å². The smallest absolute Gasteiger partial charge is 0.275 e. The van der Waals surface area contributed by atoms with Crippen LogP contribution in [0.3, 0.4) is 0 Å². The van der Waals surface area contributed by atoms with Crippen LogP contribution < -0.4 is 11.1 Å². The highest BCUT2D eigenvalue weighted by Crippen LogP contribution is 2.26. The molecule has 0 bridgehead atoms. The lowest BCUT2D eigenvalue weighted by Crippen LogP contribution is -2.42. The van der Waals surface area contributed by atoms with Crippen molar-refractivity contribution in [1.82, 2.24) is 29.3 Å². The second kappa shape index (κ2) is 8.31. The van der Waals surface area contributed by atoms with Crippen LogP contribution in [0.1, 0.15) is 42.8 Å². The molecule has 9 nitrogen and oxygen atoms in total. The van der Waals surface area contributed by atoms with Crippen LogP contribution in [0, 0.1) is 6.92 Å². The molecule has 1 aliphatic rings. The number of piperidine rings is 1. The molecule has 170 valence electrons. The molecule has 1 saturated heterocycles. The molecule has 33 heavy (non-hydrogen) atoms. The fraction of sp³-hybridized carbons (Fsp3) is 0.375. The number of nitrogens with one attached hydrogen (secondary N) is 1. The number of rotatable bonds is 4. The number of carbonyl (C=O) groups excluding carboxylic acids is 1. The van der Waals surface area contributed by atoms with Crippen molar-refractivity contribution in [3.63, 3.8) is 0 Å². The summed E-state index contributed by atoms with van der Waals surface area (Å²) in [7, 11) is 0. The first kappa shape index (κ1) is 21.1. The summed E-state index contributed by atoms with van der Waals surface area (Å²) in [6.07, 6.45) is 2.44. The summed E-state index contributed by atoms with van der Waals surface area (Å²) < 4.78 is 2.72. The van der Waals surface area contributed by atoms with Gasteiger partial charge in [-0.25, -0.2) is 14.2 Å². The van der Waals surface area contributed by atoms with Crippen LogP contribution in [0.4, 0.5) is 0 Å². The van der Waals surface area contributed by atoms with Gasteiger partial charge in [-0.05, 0) is 32.3 Å². The number of H-pyrrole nitrogens is 1. The first-order valence-corrected chi connectivity index (χ1v) is 11.3. The van der Waals surface area contributed by atoms with Crippen LogP contribution in [0.15, 0.2) is 46.0 Å². The van der Waals surface area contributed by atoms with Crippen molar-refractivity contribution in [2.24, 2.45) is 0 Å². The average Bonchev–Trinajstić information content (AvgIpc) is 3.27. The van der Waals surface area contributed by atoms with Gasteiger partial charge < -0.3 is 4.90 Å². The molecule has 4 aromatic rings. The fourth-order valence-electron chi connectivity index (χ4n) is 4.65. The number of benzene rings is 1. The normalized spacial score (nSPS) is 16.5. The van der Waals surface area contributed by atoms with E-state index in [9.17, 15) is 14.4 Å². The van der Waals surface area contributed by atoms with E-state index in [1.807, 2.05) is 38.1 Å². The van der Waals surface area contributed by atoms with Gasteiger partial charge in [-0.2, -0.15) is 5.10 Å². The zero-order valence-electron chi connectivity index (χ0n) is 18.7. The number of aryl methyl sites for hydroxylation is 2. The van der Waals surface area contributed by atoms with E-state index >= 15 is 0 Å². The number of fused-ring (bicyclic) bond motifs is 2. The quantitative estimate of drug-likeness (QED) is 0.516. The second-order valence-electron chi connectivity index (χ2n) is 8.62. The lowest BCUT2D eigenvalue weighted by Gasteiger charge is -2.32. The van der Waals surface area contributed by atoms with Crippen molar-refractivity contribution >= 4 is 22.3 Å². The van der Waals surface area contributed by atoms with Crippen molar-refractivity contribution < 1.29 is 4.79 Å². The molecule has 1 aliphatic heterocycles. The minimum atomic E-state index is -0.258. The van der Waals surface area contributed by atoms with Crippen LogP contribution in [0.25, 0.3) is 16.4 Å². The Balaban J connectivity index is 1.38. The third-order valence-electron chi connectivity index (χ3n) is 6.44. The Morgan fingerprint density at radius 1 is 1.18 bits per heavy atom. The summed E-state index contributed by atoms with van der Waals surface area (Å²) in [5.74, 6) is -0.0689. The lowest BCUT2D eigenvalue weighted by molar-refractivity contribution is -0.133. The Bertz CT molecular complexity index is 1480. The van der Waals surface area contributed by atoms with Crippen LogP contribution in [0.2, 0.25) is 0 Å². The summed E-state index contributed by atoms with van der Waals surface area (Å²) in [6.45, 7) is 4.87. The van der Waals surface area contributed by atoms with Gasteiger partial charge in [0.25, 0.3) is 11.1 Å². The molecular weight excluding hydrogens is 420 g/mol. The third kappa shape index (κ3) is 3.83. The van der Waals surface area contributed by atoms with E-state index in [-0.39, 0.29) is 29.5 Å². The number of aromatic amines is 1. The van der Waals surface area contributed by atoms with Crippen molar-refractivity contribution in [1.29, 1.82) is 0 Å². The predicted molar refractivity (Wildman–Crippen MR) is 124 cm³/mol. The number of hydrogen-bond donors (Lipinski definition) is 1. The van der Waals surface area contributed by atoms with E-state index in [2.05, 4.69) is 15.2 Å². The molecule has 0 aliphatic carbocycles. The second-order valence-corrected chi connectivity index (χ2v) is 8.62. The molecule has 0 radical (unpaired) electrons. The number of amides is 1. The van der Waals surface area contributed by atoms with Gasteiger partial charge in [-0.1, -0.05) is 25.1 Å². The average molecular weight is 447 g/mol. The van der Waals surface area contributed by atoms with Crippen LogP contribution in [-0.4, -0.2) is 48.3 Å². The fourth-order valence-corrected chi connectivity index (χ4v) is 4.65. The van der Waals surface area contributed by atoms with Crippen LogP contribution >= 0.6 is 0 Å². The maximum Gasteiger partial charge on any atom is 0.275 e. The highest BCUT2D eigenvalue weighted by atomic mass is 16.2. The summed E-state index contributed by atoms with van der Waals surface area (Å²) in [5, 5.41) is 8.91. The zero-order chi connectivity index (χ0) is 23.1. The Hall–Kier alpha value is -3.75. The molecule has 1 atom stereocenters. The van der Waals surface area contributed by atoms with Crippen molar-refractivity contribution in [3.8, 4) is 0 Å². The molecule has 1 fully saturated rings. The van der Waals surface area contributed by atoms with Gasteiger partial charge in [-0.3, -0.25) is 19.5 Å². The Labute approximate surface area is 189 Å². The van der Waals surface area contributed by atoms with Gasteiger partial charge in [0.2, 0.25) is 5.91 Å². The molecule has 1 aromatic carbocycles. The van der Waals surface area contributed by atoms with E-state index in [1.54, 1.807) is 17.0 Å². The monoisotopic (exact) mass is 446 g/mol. The third-order valence-corrected chi connectivity index (χ3v) is 6.44. The van der Waals surface area contributed by atoms with E-state index in [4.69, 9.17) is 0 Å². The van der Waals surface area contributed by atoms with Gasteiger partial charge >= 0.3 is 0 Å². The first-order chi connectivity index (χ1) is 15.9. The maximum atomic E-state index is 13.1. The van der Waals surface area contributed by atoms with Gasteiger partial charge in [0.1, 0.15) is 6.54 Å². The summed E-state index contributed by atoms with van der Waals surface area (Å²) in [6, 6.07) is 10.8. The van der Waals surface area contributed by atoms with Crippen LogP contribution in [0.5, 0.6) is 0 Å². The Kier molecular flexibility index (Phi) is 5.32. The molecule has 9 heteroatoms. The topological polar surface area (TPSA) is 105 Å². The molecule has 1 amide bonds. The molecule has 0 spiro atoms.